The maximum Gasteiger partial charge on any atom is 0.181 e. The Morgan fingerprint density at radius 2 is 2.22 bits per heavy atom. The van der Waals surface area contributed by atoms with Gasteiger partial charge in [-0.15, -0.1) is 0 Å². The zero-order chi connectivity index (χ0) is 13.0. The second kappa shape index (κ2) is 6.16. The van der Waals surface area contributed by atoms with E-state index in [1.807, 2.05) is 6.07 Å². The summed E-state index contributed by atoms with van der Waals surface area (Å²) in [4.78, 5) is 4.29. The van der Waals surface area contributed by atoms with Gasteiger partial charge < -0.3 is 9.73 Å². The van der Waals surface area contributed by atoms with Crippen LogP contribution in [0.3, 0.4) is 0 Å². The minimum absolute atomic E-state index is 0.736. The number of aryl methyl sites for hydroxylation is 1. The topological polar surface area (TPSA) is 38.1 Å². The molecule has 2 aromatic rings. The van der Waals surface area contributed by atoms with E-state index in [1.165, 1.54) is 12.0 Å². The first-order chi connectivity index (χ1) is 8.72. The van der Waals surface area contributed by atoms with Crippen molar-refractivity contribution in [2.75, 3.05) is 6.54 Å². The summed E-state index contributed by atoms with van der Waals surface area (Å²) in [6, 6.07) is 6.21. The molecule has 0 unspecified atom stereocenters. The van der Waals surface area contributed by atoms with Crippen LogP contribution in [0.1, 0.15) is 24.6 Å². The number of oxazole rings is 1. The monoisotopic (exact) mass is 308 g/mol. The molecule has 0 aliphatic heterocycles. The standard InChI is InChI=1S/C14H17BrN2O/c1-3-6-16-8-13-14(18-9-17-13)11-7-10(2)4-5-12(11)15/h4-5,7,9,16H,3,6,8H2,1-2H3. The van der Waals surface area contributed by atoms with Crippen molar-refractivity contribution in [2.24, 2.45) is 0 Å². The Kier molecular flexibility index (Phi) is 4.55. The van der Waals surface area contributed by atoms with E-state index in [1.54, 1.807) is 0 Å². The zero-order valence-corrected chi connectivity index (χ0v) is 12.3. The number of rotatable bonds is 5. The minimum atomic E-state index is 0.736. The molecular formula is C14H17BrN2O. The van der Waals surface area contributed by atoms with Crippen LogP contribution in [0.25, 0.3) is 11.3 Å². The lowest BCUT2D eigenvalue weighted by atomic mass is 10.1. The number of nitrogens with one attached hydrogen (secondary N) is 1. The Morgan fingerprint density at radius 3 is 3.00 bits per heavy atom. The molecule has 0 radical (unpaired) electrons. The summed E-state index contributed by atoms with van der Waals surface area (Å²) in [6.07, 6.45) is 2.62. The molecule has 1 aromatic heterocycles. The van der Waals surface area contributed by atoms with Crippen LogP contribution in [0.4, 0.5) is 0 Å². The van der Waals surface area contributed by atoms with E-state index in [4.69, 9.17) is 4.42 Å². The van der Waals surface area contributed by atoms with Crippen molar-refractivity contribution in [1.82, 2.24) is 10.3 Å². The number of benzene rings is 1. The Morgan fingerprint density at radius 1 is 1.39 bits per heavy atom. The van der Waals surface area contributed by atoms with Crippen LogP contribution >= 0.6 is 15.9 Å². The number of aromatic nitrogens is 1. The van der Waals surface area contributed by atoms with Crippen LogP contribution < -0.4 is 5.32 Å². The van der Waals surface area contributed by atoms with Gasteiger partial charge in [-0.1, -0.05) is 34.5 Å². The SMILES string of the molecule is CCCNCc1ncoc1-c1cc(C)ccc1Br. The van der Waals surface area contributed by atoms with Crippen molar-refractivity contribution in [2.45, 2.75) is 26.8 Å². The second-order valence-corrected chi connectivity index (χ2v) is 5.14. The Balaban J connectivity index is 2.27. The first-order valence-corrected chi connectivity index (χ1v) is 6.91. The van der Waals surface area contributed by atoms with Gasteiger partial charge in [0.25, 0.3) is 0 Å². The van der Waals surface area contributed by atoms with E-state index in [2.05, 4.69) is 52.2 Å². The highest BCUT2D eigenvalue weighted by atomic mass is 79.9. The molecule has 0 atom stereocenters. The summed E-state index contributed by atoms with van der Waals surface area (Å²) in [5.74, 6) is 0.842. The number of hydrogen-bond acceptors (Lipinski definition) is 3. The molecule has 96 valence electrons. The van der Waals surface area contributed by atoms with Gasteiger partial charge in [0, 0.05) is 16.6 Å². The normalized spacial score (nSPS) is 10.8. The summed E-state index contributed by atoms with van der Waals surface area (Å²) < 4.78 is 6.57. The molecule has 0 amide bonds. The van der Waals surface area contributed by atoms with Gasteiger partial charge in [0.1, 0.15) is 5.69 Å². The molecule has 1 heterocycles. The van der Waals surface area contributed by atoms with E-state index < -0.39 is 0 Å². The van der Waals surface area contributed by atoms with Gasteiger partial charge in [0.2, 0.25) is 0 Å². The van der Waals surface area contributed by atoms with E-state index in [0.29, 0.717) is 0 Å². The second-order valence-electron chi connectivity index (χ2n) is 4.29. The quantitative estimate of drug-likeness (QED) is 0.851. The molecule has 0 fully saturated rings. The fraction of sp³-hybridized carbons (Fsp3) is 0.357. The average Bonchev–Trinajstić information content (AvgIpc) is 2.81. The molecule has 1 N–H and O–H groups in total. The average molecular weight is 309 g/mol. The largest absolute Gasteiger partial charge is 0.443 e. The van der Waals surface area contributed by atoms with Crippen LogP contribution in [0.5, 0.6) is 0 Å². The molecule has 2 rings (SSSR count). The van der Waals surface area contributed by atoms with Crippen molar-refractivity contribution in [3.63, 3.8) is 0 Å². The van der Waals surface area contributed by atoms with Crippen LogP contribution in [-0.2, 0) is 6.54 Å². The van der Waals surface area contributed by atoms with E-state index in [-0.39, 0.29) is 0 Å². The van der Waals surface area contributed by atoms with Crippen molar-refractivity contribution >= 4 is 15.9 Å². The van der Waals surface area contributed by atoms with Gasteiger partial charge in [-0.05, 0) is 32.0 Å². The smallest absolute Gasteiger partial charge is 0.181 e. The van der Waals surface area contributed by atoms with E-state index in [9.17, 15) is 0 Å². The molecular weight excluding hydrogens is 292 g/mol. The Hall–Kier alpha value is -1.13. The zero-order valence-electron chi connectivity index (χ0n) is 10.7. The highest BCUT2D eigenvalue weighted by molar-refractivity contribution is 9.10. The summed E-state index contributed by atoms with van der Waals surface area (Å²) in [5, 5.41) is 3.34. The van der Waals surface area contributed by atoms with Gasteiger partial charge >= 0.3 is 0 Å². The highest BCUT2D eigenvalue weighted by Gasteiger charge is 2.13. The van der Waals surface area contributed by atoms with E-state index >= 15 is 0 Å². The lowest BCUT2D eigenvalue weighted by Crippen LogP contribution is -2.14. The summed E-state index contributed by atoms with van der Waals surface area (Å²) in [7, 11) is 0. The molecule has 4 heteroatoms. The van der Waals surface area contributed by atoms with Crippen LogP contribution in [0, 0.1) is 6.92 Å². The Labute approximate surface area is 116 Å². The molecule has 0 saturated heterocycles. The number of nitrogens with zero attached hydrogens (tertiary/aromatic N) is 1. The lowest BCUT2D eigenvalue weighted by molar-refractivity contribution is 0.569. The molecule has 0 saturated carbocycles. The lowest BCUT2D eigenvalue weighted by Gasteiger charge is -2.06. The minimum Gasteiger partial charge on any atom is -0.443 e. The van der Waals surface area contributed by atoms with E-state index in [0.717, 1.165) is 41.0 Å². The molecule has 0 bridgehead atoms. The fourth-order valence-electron chi connectivity index (χ4n) is 1.81. The predicted molar refractivity (Wildman–Crippen MR) is 76.4 cm³/mol. The van der Waals surface area contributed by atoms with Crippen molar-refractivity contribution in [3.05, 3.63) is 40.3 Å². The fourth-order valence-corrected chi connectivity index (χ4v) is 2.24. The first kappa shape index (κ1) is 13.3. The number of halogens is 1. The summed E-state index contributed by atoms with van der Waals surface area (Å²) >= 11 is 3.56. The third-order valence-corrected chi connectivity index (χ3v) is 3.42. The van der Waals surface area contributed by atoms with Crippen molar-refractivity contribution in [3.8, 4) is 11.3 Å². The predicted octanol–water partition coefficient (Wildman–Crippen LogP) is 3.91. The molecule has 0 aliphatic rings. The first-order valence-electron chi connectivity index (χ1n) is 6.12. The number of hydrogen-bond donors (Lipinski definition) is 1. The van der Waals surface area contributed by atoms with Crippen LogP contribution in [-0.4, -0.2) is 11.5 Å². The maximum absolute atomic E-state index is 5.54. The van der Waals surface area contributed by atoms with Crippen LogP contribution in [0.15, 0.2) is 33.5 Å². The summed E-state index contributed by atoms with van der Waals surface area (Å²) in [6.45, 7) is 5.94. The maximum atomic E-state index is 5.54. The third kappa shape index (κ3) is 3.00. The highest BCUT2D eigenvalue weighted by Crippen LogP contribution is 2.31. The van der Waals surface area contributed by atoms with Crippen LogP contribution in [0.2, 0.25) is 0 Å². The molecule has 1 aromatic carbocycles. The van der Waals surface area contributed by atoms with Crippen molar-refractivity contribution < 1.29 is 4.42 Å². The summed E-state index contributed by atoms with van der Waals surface area (Å²) in [5.41, 5.74) is 3.22. The molecule has 18 heavy (non-hydrogen) atoms. The van der Waals surface area contributed by atoms with Gasteiger partial charge in [0.15, 0.2) is 12.2 Å². The molecule has 0 aliphatic carbocycles. The van der Waals surface area contributed by atoms with Gasteiger partial charge in [-0.3, -0.25) is 0 Å². The third-order valence-electron chi connectivity index (χ3n) is 2.73. The van der Waals surface area contributed by atoms with Gasteiger partial charge in [-0.25, -0.2) is 4.98 Å². The Bertz CT molecular complexity index is 522. The molecule has 3 nitrogen and oxygen atoms in total. The molecule has 0 spiro atoms. The van der Waals surface area contributed by atoms with Gasteiger partial charge in [-0.2, -0.15) is 0 Å². The van der Waals surface area contributed by atoms with Gasteiger partial charge in [0.05, 0.1) is 0 Å². The van der Waals surface area contributed by atoms with Crippen molar-refractivity contribution in [1.29, 1.82) is 0 Å².